The van der Waals surface area contributed by atoms with Crippen LogP contribution in [0.1, 0.15) is 36.0 Å². The number of carbonyl (C=O) groups excluding carboxylic acids is 1. The summed E-state index contributed by atoms with van der Waals surface area (Å²) in [6.45, 7) is 0.940. The fourth-order valence-corrected chi connectivity index (χ4v) is 1.40. The highest BCUT2D eigenvalue weighted by molar-refractivity contribution is 5.93. The van der Waals surface area contributed by atoms with Gasteiger partial charge >= 0.3 is 0 Å². The third-order valence-corrected chi connectivity index (χ3v) is 2.31. The molecule has 2 N–H and O–H groups in total. The quantitative estimate of drug-likeness (QED) is 0.685. The lowest BCUT2D eigenvalue weighted by Gasteiger charge is -2.04. The Hall–Kier alpha value is -1.42. The van der Waals surface area contributed by atoms with Crippen LogP contribution >= 0.6 is 0 Å². The minimum Gasteiger partial charge on any atom is -0.396 e. The lowest BCUT2D eigenvalue weighted by molar-refractivity contribution is 0.0952. The fraction of sp³-hybridized carbons (Fsp3) is 0.500. The molecule has 88 valence electrons. The van der Waals surface area contributed by atoms with Crippen molar-refractivity contribution < 1.29 is 9.90 Å². The molecule has 1 heterocycles. The summed E-state index contributed by atoms with van der Waals surface area (Å²) in [6, 6.07) is 3.39. The Morgan fingerprint density at radius 3 is 2.56 bits per heavy atom. The Kier molecular flexibility index (Phi) is 6.18. The van der Waals surface area contributed by atoms with Crippen LogP contribution in [0.3, 0.4) is 0 Å². The van der Waals surface area contributed by atoms with Gasteiger partial charge in [-0.1, -0.05) is 12.8 Å². The van der Waals surface area contributed by atoms with Crippen molar-refractivity contribution in [1.29, 1.82) is 0 Å². The predicted molar refractivity (Wildman–Crippen MR) is 62.1 cm³/mol. The third kappa shape index (κ3) is 4.89. The van der Waals surface area contributed by atoms with Crippen LogP contribution in [0.25, 0.3) is 0 Å². The SMILES string of the molecule is O=C(NCCCCCCO)c1ccncc1. The number of hydrogen-bond acceptors (Lipinski definition) is 3. The highest BCUT2D eigenvalue weighted by atomic mass is 16.2. The van der Waals surface area contributed by atoms with Crippen molar-refractivity contribution in [3.8, 4) is 0 Å². The number of pyridine rings is 1. The van der Waals surface area contributed by atoms with E-state index in [1.165, 1.54) is 0 Å². The number of hydrogen-bond donors (Lipinski definition) is 2. The van der Waals surface area contributed by atoms with Gasteiger partial charge in [0.05, 0.1) is 0 Å². The minimum atomic E-state index is -0.0513. The van der Waals surface area contributed by atoms with Crippen molar-refractivity contribution >= 4 is 5.91 Å². The molecule has 16 heavy (non-hydrogen) atoms. The van der Waals surface area contributed by atoms with E-state index in [2.05, 4.69) is 10.3 Å². The zero-order valence-corrected chi connectivity index (χ0v) is 9.35. The standard InChI is InChI=1S/C12H18N2O2/c15-10-4-2-1-3-7-14-12(16)11-5-8-13-9-6-11/h5-6,8-9,15H,1-4,7,10H2,(H,14,16). The summed E-state index contributed by atoms with van der Waals surface area (Å²) in [4.78, 5) is 15.4. The molecule has 4 nitrogen and oxygen atoms in total. The molecule has 0 spiro atoms. The van der Waals surface area contributed by atoms with E-state index < -0.39 is 0 Å². The molecule has 0 aromatic carbocycles. The van der Waals surface area contributed by atoms with Gasteiger partial charge in [-0.3, -0.25) is 9.78 Å². The number of rotatable bonds is 7. The van der Waals surface area contributed by atoms with Gasteiger partial charge in [0.1, 0.15) is 0 Å². The monoisotopic (exact) mass is 222 g/mol. The van der Waals surface area contributed by atoms with Gasteiger partial charge in [-0.05, 0) is 25.0 Å². The Morgan fingerprint density at radius 1 is 1.19 bits per heavy atom. The molecular formula is C12H18N2O2. The molecule has 0 saturated carbocycles. The van der Waals surface area contributed by atoms with E-state index in [1.807, 2.05) is 0 Å². The number of aliphatic hydroxyl groups is 1. The van der Waals surface area contributed by atoms with Crippen LogP contribution in [0.5, 0.6) is 0 Å². The zero-order chi connectivity index (χ0) is 11.6. The molecule has 0 saturated heterocycles. The first kappa shape index (κ1) is 12.6. The van der Waals surface area contributed by atoms with Gasteiger partial charge in [-0.2, -0.15) is 0 Å². The van der Waals surface area contributed by atoms with Gasteiger partial charge in [0, 0.05) is 31.1 Å². The van der Waals surface area contributed by atoms with Crippen LogP contribution in [-0.4, -0.2) is 29.1 Å². The van der Waals surface area contributed by atoms with Crippen LogP contribution in [-0.2, 0) is 0 Å². The number of nitrogens with one attached hydrogen (secondary N) is 1. The van der Waals surface area contributed by atoms with E-state index in [0.29, 0.717) is 12.1 Å². The van der Waals surface area contributed by atoms with Crippen molar-refractivity contribution in [3.05, 3.63) is 30.1 Å². The van der Waals surface area contributed by atoms with E-state index in [-0.39, 0.29) is 12.5 Å². The van der Waals surface area contributed by atoms with E-state index in [0.717, 1.165) is 25.7 Å². The van der Waals surface area contributed by atoms with Gasteiger partial charge in [-0.25, -0.2) is 0 Å². The van der Waals surface area contributed by atoms with Gasteiger partial charge in [-0.15, -0.1) is 0 Å². The van der Waals surface area contributed by atoms with Crippen LogP contribution in [0.2, 0.25) is 0 Å². The first-order chi connectivity index (χ1) is 7.84. The zero-order valence-electron chi connectivity index (χ0n) is 9.35. The second-order valence-electron chi connectivity index (χ2n) is 3.63. The van der Waals surface area contributed by atoms with Gasteiger partial charge in [0.2, 0.25) is 0 Å². The Labute approximate surface area is 95.7 Å². The maximum Gasteiger partial charge on any atom is 0.251 e. The largest absolute Gasteiger partial charge is 0.396 e. The molecule has 0 atom stereocenters. The molecule has 0 aliphatic heterocycles. The molecule has 1 aromatic rings. The summed E-state index contributed by atoms with van der Waals surface area (Å²) < 4.78 is 0. The summed E-state index contributed by atoms with van der Waals surface area (Å²) in [5, 5.41) is 11.4. The van der Waals surface area contributed by atoms with E-state index >= 15 is 0 Å². The fourth-order valence-electron chi connectivity index (χ4n) is 1.40. The molecule has 0 aliphatic carbocycles. The van der Waals surface area contributed by atoms with Gasteiger partial charge < -0.3 is 10.4 Å². The first-order valence-electron chi connectivity index (χ1n) is 5.63. The number of unbranched alkanes of at least 4 members (excludes halogenated alkanes) is 3. The lowest BCUT2D eigenvalue weighted by Crippen LogP contribution is -2.24. The third-order valence-electron chi connectivity index (χ3n) is 2.31. The number of amides is 1. The smallest absolute Gasteiger partial charge is 0.251 e. The molecule has 0 bridgehead atoms. The van der Waals surface area contributed by atoms with Crippen LogP contribution in [0.15, 0.2) is 24.5 Å². The summed E-state index contributed by atoms with van der Waals surface area (Å²) in [7, 11) is 0. The first-order valence-corrected chi connectivity index (χ1v) is 5.63. The molecule has 0 unspecified atom stereocenters. The van der Waals surface area contributed by atoms with Crippen molar-refractivity contribution in [2.45, 2.75) is 25.7 Å². The van der Waals surface area contributed by atoms with Gasteiger partial charge in [0.25, 0.3) is 5.91 Å². The number of nitrogens with zero attached hydrogens (tertiary/aromatic N) is 1. The van der Waals surface area contributed by atoms with Crippen LogP contribution in [0.4, 0.5) is 0 Å². The minimum absolute atomic E-state index is 0.0513. The molecule has 1 amide bonds. The van der Waals surface area contributed by atoms with Crippen LogP contribution < -0.4 is 5.32 Å². The number of aromatic nitrogens is 1. The molecule has 4 heteroatoms. The van der Waals surface area contributed by atoms with E-state index in [1.54, 1.807) is 24.5 Å². The van der Waals surface area contributed by atoms with E-state index in [9.17, 15) is 4.79 Å². The second kappa shape index (κ2) is 7.82. The Morgan fingerprint density at radius 2 is 1.88 bits per heavy atom. The number of carbonyl (C=O) groups is 1. The average Bonchev–Trinajstić information content (AvgIpc) is 2.34. The highest BCUT2D eigenvalue weighted by Gasteiger charge is 2.02. The molecule has 0 fully saturated rings. The van der Waals surface area contributed by atoms with Crippen molar-refractivity contribution in [3.63, 3.8) is 0 Å². The molecule has 0 radical (unpaired) electrons. The maximum absolute atomic E-state index is 11.6. The Balaban J connectivity index is 2.12. The molecule has 1 rings (SSSR count). The van der Waals surface area contributed by atoms with Gasteiger partial charge in [0.15, 0.2) is 0 Å². The summed E-state index contributed by atoms with van der Waals surface area (Å²) >= 11 is 0. The Bertz CT molecular complexity index is 301. The van der Waals surface area contributed by atoms with E-state index in [4.69, 9.17) is 5.11 Å². The maximum atomic E-state index is 11.6. The molecule has 1 aromatic heterocycles. The molecular weight excluding hydrogens is 204 g/mol. The van der Waals surface area contributed by atoms with Crippen LogP contribution in [0, 0.1) is 0 Å². The summed E-state index contributed by atoms with van der Waals surface area (Å²) in [6.07, 6.45) is 7.07. The molecule has 0 aliphatic rings. The summed E-state index contributed by atoms with van der Waals surface area (Å²) in [5.41, 5.74) is 0.644. The van der Waals surface area contributed by atoms with Crippen molar-refractivity contribution in [1.82, 2.24) is 10.3 Å². The summed E-state index contributed by atoms with van der Waals surface area (Å²) in [5.74, 6) is -0.0513. The topological polar surface area (TPSA) is 62.2 Å². The average molecular weight is 222 g/mol. The predicted octanol–water partition coefficient (Wildman–Crippen LogP) is 1.36. The second-order valence-corrected chi connectivity index (χ2v) is 3.63. The lowest BCUT2D eigenvalue weighted by atomic mass is 10.2. The normalized spacial score (nSPS) is 10.1. The van der Waals surface area contributed by atoms with Crippen molar-refractivity contribution in [2.75, 3.05) is 13.2 Å². The highest BCUT2D eigenvalue weighted by Crippen LogP contribution is 1.99. The van der Waals surface area contributed by atoms with Crippen molar-refractivity contribution in [2.24, 2.45) is 0 Å². The number of aliphatic hydroxyl groups excluding tert-OH is 1.